The molecule has 1 N–H and O–H groups in total. The van der Waals surface area contributed by atoms with E-state index in [1.165, 1.54) is 0 Å². The molecule has 1 aliphatic heterocycles. The van der Waals surface area contributed by atoms with Crippen LogP contribution in [0, 0.1) is 5.92 Å². The molecule has 1 aromatic carbocycles. The Kier molecular flexibility index (Phi) is 4.32. The number of benzene rings is 1. The maximum Gasteiger partial charge on any atom is 0.276 e. The molecule has 2 aromatic rings. The van der Waals surface area contributed by atoms with Gasteiger partial charge in [0.2, 0.25) is 0 Å². The minimum atomic E-state index is -0.294. The molecular formula is C17H18N4O2. The van der Waals surface area contributed by atoms with Gasteiger partial charge in [-0.3, -0.25) is 9.59 Å². The predicted octanol–water partition coefficient (Wildman–Crippen LogP) is 2.14. The average Bonchev–Trinajstić information content (AvgIpc) is 2.58. The third-order valence-corrected chi connectivity index (χ3v) is 3.91. The third kappa shape index (κ3) is 3.53. The van der Waals surface area contributed by atoms with Gasteiger partial charge in [0.15, 0.2) is 11.5 Å². The van der Waals surface area contributed by atoms with E-state index in [1.807, 2.05) is 42.2 Å². The predicted molar refractivity (Wildman–Crippen MR) is 87.4 cm³/mol. The van der Waals surface area contributed by atoms with Gasteiger partial charge in [-0.1, -0.05) is 25.1 Å². The molecule has 0 aliphatic carbocycles. The number of carbonyl (C=O) groups excluding carboxylic acids is 2. The second-order valence-corrected chi connectivity index (χ2v) is 5.66. The van der Waals surface area contributed by atoms with E-state index >= 15 is 0 Å². The molecule has 118 valence electrons. The summed E-state index contributed by atoms with van der Waals surface area (Å²) < 4.78 is 0. The molecule has 3 rings (SSSR count). The molecule has 1 atom stereocenters. The molecule has 1 fully saturated rings. The molecule has 1 amide bonds. The van der Waals surface area contributed by atoms with Gasteiger partial charge in [-0.05, 0) is 24.3 Å². The fourth-order valence-electron chi connectivity index (χ4n) is 2.55. The van der Waals surface area contributed by atoms with Crippen molar-refractivity contribution in [2.24, 2.45) is 5.92 Å². The van der Waals surface area contributed by atoms with Crippen LogP contribution in [-0.4, -0.2) is 35.0 Å². The van der Waals surface area contributed by atoms with Gasteiger partial charge in [-0.2, -0.15) is 0 Å². The Labute approximate surface area is 134 Å². The number of para-hydroxylation sites is 1. The molecule has 0 spiro atoms. The molecule has 6 heteroatoms. The van der Waals surface area contributed by atoms with Crippen molar-refractivity contribution in [3.63, 3.8) is 0 Å². The summed E-state index contributed by atoms with van der Waals surface area (Å²) in [6.07, 6.45) is 0.527. The molecule has 0 saturated carbocycles. The van der Waals surface area contributed by atoms with Gasteiger partial charge < -0.3 is 10.2 Å². The molecule has 1 saturated heterocycles. The van der Waals surface area contributed by atoms with Crippen LogP contribution < -0.4 is 10.2 Å². The molecule has 0 bridgehead atoms. The number of amides is 1. The Bertz CT molecular complexity index is 700. The normalized spacial score (nSPS) is 17.9. The van der Waals surface area contributed by atoms with Crippen molar-refractivity contribution in [3.05, 3.63) is 48.2 Å². The number of carbonyl (C=O) groups is 2. The van der Waals surface area contributed by atoms with Crippen LogP contribution in [0.15, 0.2) is 42.5 Å². The van der Waals surface area contributed by atoms with Gasteiger partial charge >= 0.3 is 0 Å². The summed E-state index contributed by atoms with van der Waals surface area (Å²) in [6.45, 7) is 3.21. The number of nitrogens with zero attached hydrogens (tertiary/aromatic N) is 3. The monoisotopic (exact) mass is 310 g/mol. The lowest BCUT2D eigenvalue weighted by Crippen LogP contribution is -2.40. The van der Waals surface area contributed by atoms with Crippen molar-refractivity contribution in [3.8, 4) is 0 Å². The minimum absolute atomic E-state index is 0.00612. The van der Waals surface area contributed by atoms with Crippen LogP contribution in [-0.2, 0) is 4.79 Å². The summed E-state index contributed by atoms with van der Waals surface area (Å²) in [5, 5.41) is 10.9. The van der Waals surface area contributed by atoms with E-state index in [4.69, 9.17) is 0 Å². The summed E-state index contributed by atoms with van der Waals surface area (Å²) in [5.74, 6) is 0.692. The van der Waals surface area contributed by atoms with E-state index in [0.717, 1.165) is 0 Å². The summed E-state index contributed by atoms with van der Waals surface area (Å²) >= 11 is 0. The van der Waals surface area contributed by atoms with Gasteiger partial charge in [0, 0.05) is 31.1 Å². The Morgan fingerprint density at radius 2 is 1.96 bits per heavy atom. The topological polar surface area (TPSA) is 75.2 Å². The number of nitrogens with one attached hydrogen (secondary N) is 1. The number of ketones is 1. The molecule has 1 unspecified atom stereocenters. The smallest absolute Gasteiger partial charge is 0.276 e. The third-order valence-electron chi connectivity index (χ3n) is 3.91. The van der Waals surface area contributed by atoms with Crippen LogP contribution in [0.1, 0.15) is 23.8 Å². The molecule has 1 aromatic heterocycles. The SMILES string of the molecule is CC1CN(c2ccc(C(=O)Nc3ccccc3)nn2)CCC1=O. The average molecular weight is 310 g/mol. The summed E-state index contributed by atoms with van der Waals surface area (Å²) in [4.78, 5) is 25.7. The van der Waals surface area contributed by atoms with Crippen LogP contribution in [0.25, 0.3) is 0 Å². The zero-order valence-electron chi connectivity index (χ0n) is 12.9. The van der Waals surface area contributed by atoms with Crippen LogP contribution >= 0.6 is 0 Å². The molecule has 6 nitrogen and oxygen atoms in total. The Hall–Kier alpha value is -2.76. The Morgan fingerprint density at radius 3 is 2.61 bits per heavy atom. The Balaban J connectivity index is 1.67. The number of hydrogen-bond donors (Lipinski definition) is 1. The maximum atomic E-state index is 12.1. The Morgan fingerprint density at radius 1 is 1.17 bits per heavy atom. The van der Waals surface area contributed by atoms with E-state index in [0.29, 0.717) is 31.0 Å². The number of piperidine rings is 1. The van der Waals surface area contributed by atoms with Crippen LogP contribution in [0.4, 0.5) is 11.5 Å². The highest BCUT2D eigenvalue weighted by atomic mass is 16.2. The first-order valence-electron chi connectivity index (χ1n) is 7.61. The van der Waals surface area contributed by atoms with Crippen molar-refractivity contribution in [1.82, 2.24) is 10.2 Å². The first-order chi connectivity index (χ1) is 11.1. The van der Waals surface area contributed by atoms with Crippen LogP contribution in [0.3, 0.4) is 0 Å². The molecule has 23 heavy (non-hydrogen) atoms. The fraction of sp³-hybridized carbons (Fsp3) is 0.294. The van der Waals surface area contributed by atoms with Crippen LogP contribution in [0.5, 0.6) is 0 Å². The van der Waals surface area contributed by atoms with Crippen molar-refractivity contribution in [2.45, 2.75) is 13.3 Å². The summed E-state index contributed by atoms with van der Waals surface area (Å²) in [6, 6.07) is 12.6. The van der Waals surface area contributed by atoms with E-state index in [1.54, 1.807) is 12.1 Å². The number of aromatic nitrogens is 2. The molecule has 0 radical (unpaired) electrons. The highest BCUT2D eigenvalue weighted by Gasteiger charge is 2.24. The number of Topliss-reactive ketones (excluding diaryl/α,β-unsaturated/α-hetero) is 1. The zero-order chi connectivity index (χ0) is 16.2. The fourth-order valence-corrected chi connectivity index (χ4v) is 2.55. The van der Waals surface area contributed by atoms with Gasteiger partial charge in [-0.15, -0.1) is 10.2 Å². The number of anilines is 2. The minimum Gasteiger partial charge on any atom is -0.354 e. The maximum absolute atomic E-state index is 12.1. The van der Waals surface area contributed by atoms with E-state index in [2.05, 4.69) is 15.5 Å². The van der Waals surface area contributed by atoms with E-state index in [-0.39, 0.29) is 23.3 Å². The summed E-state index contributed by atoms with van der Waals surface area (Å²) in [7, 11) is 0. The standard InChI is InChI=1S/C17H18N4O2/c1-12-11-21(10-9-15(12)22)16-8-7-14(19-20-16)17(23)18-13-5-3-2-4-6-13/h2-8,12H,9-11H2,1H3,(H,18,23). The number of rotatable bonds is 3. The summed E-state index contributed by atoms with van der Waals surface area (Å²) in [5.41, 5.74) is 0.977. The first-order valence-corrected chi connectivity index (χ1v) is 7.61. The molecular weight excluding hydrogens is 292 g/mol. The second kappa shape index (κ2) is 6.56. The second-order valence-electron chi connectivity index (χ2n) is 5.66. The quantitative estimate of drug-likeness (QED) is 0.940. The van der Waals surface area contributed by atoms with Gasteiger partial charge in [0.25, 0.3) is 5.91 Å². The first kappa shape index (κ1) is 15.1. The largest absolute Gasteiger partial charge is 0.354 e. The van der Waals surface area contributed by atoms with E-state index in [9.17, 15) is 9.59 Å². The lowest BCUT2D eigenvalue weighted by molar-refractivity contribution is -0.122. The molecule has 2 heterocycles. The highest BCUT2D eigenvalue weighted by Crippen LogP contribution is 2.18. The molecule has 1 aliphatic rings. The van der Waals surface area contributed by atoms with Crippen molar-refractivity contribution < 1.29 is 9.59 Å². The van der Waals surface area contributed by atoms with Crippen molar-refractivity contribution in [2.75, 3.05) is 23.3 Å². The van der Waals surface area contributed by atoms with Gasteiger partial charge in [-0.25, -0.2) is 0 Å². The van der Waals surface area contributed by atoms with Crippen LogP contribution in [0.2, 0.25) is 0 Å². The van der Waals surface area contributed by atoms with Gasteiger partial charge in [0.05, 0.1) is 0 Å². The van der Waals surface area contributed by atoms with Crippen molar-refractivity contribution >= 4 is 23.2 Å². The lowest BCUT2D eigenvalue weighted by Gasteiger charge is -2.30. The van der Waals surface area contributed by atoms with Gasteiger partial charge in [0.1, 0.15) is 5.78 Å². The highest BCUT2D eigenvalue weighted by molar-refractivity contribution is 6.02. The number of hydrogen-bond acceptors (Lipinski definition) is 5. The van der Waals surface area contributed by atoms with Crippen molar-refractivity contribution in [1.29, 1.82) is 0 Å². The zero-order valence-corrected chi connectivity index (χ0v) is 12.9. The van der Waals surface area contributed by atoms with E-state index < -0.39 is 0 Å². The lowest BCUT2D eigenvalue weighted by atomic mass is 9.99.